The lowest BCUT2D eigenvalue weighted by molar-refractivity contribution is 0.0697. The molecule has 4 heteroatoms. The van der Waals surface area contributed by atoms with Crippen molar-refractivity contribution >= 4 is 17.3 Å². The standard InChI is InChI=1S/C14H20N2O2/c1-9(2)15-8-16(10(3)4)13-7-11(14(17)18)5-6-12(13)15/h5-7,9-10H,8H2,1-4H3,(H,17,18). The van der Waals surface area contributed by atoms with Gasteiger partial charge in [-0.1, -0.05) is 0 Å². The summed E-state index contributed by atoms with van der Waals surface area (Å²) in [5.41, 5.74) is 2.51. The van der Waals surface area contributed by atoms with Crippen molar-refractivity contribution < 1.29 is 9.90 Å². The Morgan fingerprint density at radius 1 is 1.11 bits per heavy atom. The number of aromatic carboxylic acids is 1. The average Bonchev–Trinajstić information content (AvgIpc) is 2.67. The van der Waals surface area contributed by atoms with Crippen LogP contribution in [0.2, 0.25) is 0 Å². The Morgan fingerprint density at radius 2 is 1.67 bits per heavy atom. The van der Waals surface area contributed by atoms with Gasteiger partial charge in [0.25, 0.3) is 0 Å². The van der Waals surface area contributed by atoms with E-state index >= 15 is 0 Å². The number of carboxylic acid groups (broad SMARTS) is 1. The molecule has 0 saturated heterocycles. The van der Waals surface area contributed by atoms with E-state index in [4.69, 9.17) is 5.11 Å². The highest BCUT2D eigenvalue weighted by Gasteiger charge is 2.29. The van der Waals surface area contributed by atoms with E-state index in [2.05, 4.69) is 37.5 Å². The highest BCUT2D eigenvalue weighted by molar-refractivity contribution is 5.92. The van der Waals surface area contributed by atoms with Crippen LogP contribution in [-0.4, -0.2) is 29.8 Å². The van der Waals surface area contributed by atoms with Crippen molar-refractivity contribution in [3.05, 3.63) is 23.8 Å². The summed E-state index contributed by atoms with van der Waals surface area (Å²) in [6.45, 7) is 9.38. The molecule has 1 heterocycles. The van der Waals surface area contributed by atoms with E-state index in [0.29, 0.717) is 17.6 Å². The van der Waals surface area contributed by atoms with E-state index in [-0.39, 0.29) is 0 Å². The first-order chi connectivity index (χ1) is 8.41. The van der Waals surface area contributed by atoms with Gasteiger partial charge in [0.05, 0.1) is 23.6 Å². The van der Waals surface area contributed by atoms with E-state index < -0.39 is 5.97 Å². The molecule has 0 aromatic heterocycles. The Kier molecular flexibility index (Phi) is 3.20. The van der Waals surface area contributed by atoms with Crippen LogP contribution in [0.5, 0.6) is 0 Å². The lowest BCUT2D eigenvalue weighted by atomic mass is 10.1. The van der Waals surface area contributed by atoms with E-state index in [9.17, 15) is 4.79 Å². The van der Waals surface area contributed by atoms with Gasteiger partial charge in [0.2, 0.25) is 0 Å². The summed E-state index contributed by atoms with van der Waals surface area (Å²) >= 11 is 0. The SMILES string of the molecule is CC(C)N1CN(C(C)C)c2cc(C(=O)O)ccc21. The molecule has 0 spiro atoms. The molecule has 0 atom stereocenters. The molecule has 1 N–H and O–H groups in total. The molecule has 0 saturated carbocycles. The van der Waals surface area contributed by atoms with Crippen molar-refractivity contribution in [2.75, 3.05) is 16.5 Å². The predicted molar refractivity (Wildman–Crippen MR) is 73.5 cm³/mol. The summed E-state index contributed by atoms with van der Waals surface area (Å²) in [6, 6.07) is 6.14. The van der Waals surface area contributed by atoms with Crippen LogP contribution in [0, 0.1) is 0 Å². The molecular formula is C14H20N2O2. The van der Waals surface area contributed by atoms with Crippen LogP contribution in [-0.2, 0) is 0 Å². The van der Waals surface area contributed by atoms with E-state index in [1.165, 1.54) is 0 Å². The third kappa shape index (κ3) is 2.03. The Hall–Kier alpha value is -1.71. The van der Waals surface area contributed by atoms with E-state index in [0.717, 1.165) is 18.0 Å². The zero-order chi connectivity index (χ0) is 13.4. The third-order valence-corrected chi connectivity index (χ3v) is 3.39. The summed E-state index contributed by atoms with van der Waals surface area (Å²) in [6.07, 6.45) is 0. The quantitative estimate of drug-likeness (QED) is 0.893. The van der Waals surface area contributed by atoms with Crippen LogP contribution in [0.4, 0.5) is 11.4 Å². The number of rotatable bonds is 3. The van der Waals surface area contributed by atoms with Gasteiger partial charge in [-0.05, 0) is 45.9 Å². The van der Waals surface area contributed by atoms with Gasteiger partial charge in [-0.25, -0.2) is 4.79 Å². The highest BCUT2D eigenvalue weighted by Crippen LogP contribution is 2.38. The molecule has 0 aliphatic carbocycles. The van der Waals surface area contributed by atoms with Gasteiger partial charge in [-0.3, -0.25) is 0 Å². The summed E-state index contributed by atoms with van der Waals surface area (Å²) in [7, 11) is 0. The average molecular weight is 248 g/mol. The summed E-state index contributed by atoms with van der Waals surface area (Å²) < 4.78 is 0. The molecule has 0 amide bonds. The van der Waals surface area contributed by atoms with E-state index in [1.807, 2.05) is 6.07 Å². The molecule has 4 nitrogen and oxygen atoms in total. The summed E-state index contributed by atoms with van der Waals surface area (Å²) in [5.74, 6) is -0.871. The van der Waals surface area contributed by atoms with Gasteiger partial charge in [-0.15, -0.1) is 0 Å². The minimum Gasteiger partial charge on any atom is -0.478 e. The smallest absolute Gasteiger partial charge is 0.335 e. The number of nitrogens with zero attached hydrogens (tertiary/aromatic N) is 2. The van der Waals surface area contributed by atoms with Crippen molar-refractivity contribution in [1.82, 2.24) is 0 Å². The van der Waals surface area contributed by atoms with Crippen LogP contribution in [0.15, 0.2) is 18.2 Å². The van der Waals surface area contributed by atoms with Crippen LogP contribution in [0.1, 0.15) is 38.1 Å². The lowest BCUT2D eigenvalue weighted by Crippen LogP contribution is -2.38. The first-order valence-electron chi connectivity index (χ1n) is 6.32. The fourth-order valence-electron chi connectivity index (χ4n) is 2.33. The summed E-state index contributed by atoms with van der Waals surface area (Å²) in [5, 5.41) is 9.08. The van der Waals surface area contributed by atoms with Gasteiger partial charge in [0.1, 0.15) is 0 Å². The highest BCUT2D eigenvalue weighted by atomic mass is 16.4. The number of anilines is 2. The number of hydrogen-bond acceptors (Lipinski definition) is 3. The molecular weight excluding hydrogens is 228 g/mol. The Labute approximate surface area is 108 Å². The second kappa shape index (κ2) is 4.52. The number of fused-ring (bicyclic) bond motifs is 1. The van der Waals surface area contributed by atoms with Crippen molar-refractivity contribution in [3.8, 4) is 0 Å². The van der Waals surface area contributed by atoms with Crippen molar-refractivity contribution in [2.24, 2.45) is 0 Å². The lowest BCUT2D eigenvalue weighted by Gasteiger charge is -2.27. The Bertz CT molecular complexity index is 469. The summed E-state index contributed by atoms with van der Waals surface area (Å²) in [4.78, 5) is 15.6. The second-order valence-electron chi connectivity index (χ2n) is 5.28. The zero-order valence-corrected chi connectivity index (χ0v) is 11.3. The zero-order valence-electron chi connectivity index (χ0n) is 11.3. The molecule has 0 unspecified atom stereocenters. The largest absolute Gasteiger partial charge is 0.478 e. The van der Waals surface area contributed by atoms with Crippen molar-refractivity contribution in [3.63, 3.8) is 0 Å². The van der Waals surface area contributed by atoms with Crippen LogP contribution in [0.25, 0.3) is 0 Å². The number of benzene rings is 1. The monoisotopic (exact) mass is 248 g/mol. The Morgan fingerprint density at radius 3 is 2.17 bits per heavy atom. The minimum absolute atomic E-state index is 0.352. The maximum absolute atomic E-state index is 11.1. The molecule has 1 aliphatic rings. The molecule has 1 aromatic rings. The molecule has 18 heavy (non-hydrogen) atoms. The molecule has 98 valence electrons. The van der Waals surface area contributed by atoms with Crippen LogP contribution in [0.3, 0.4) is 0 Å². The number of carboxylic acids is 1. The fraction of sp³-hybridized carbons (Fsp3) is 0.500. The van der Waals surface area contributed by atoms with Gasteiger partial charge < -0.3 is 14.9 Å². The maximum atomic E-state index is 11.1. The Balaban J connectivity index is 2.48. The first kappa shape index (κ1) is 12.7. The number of hydrogen-bond donors (Lipinski definition) is 1. The van der Waals surface area contributed by atoms with Crippen LogP contribution < -0.4 is 9.80 Å². The maximum Gasteiger partial charge on any atom is 0.335 e. The minimum atomic E-state index is -0.871. The second-order valence-corrected chi connectivity index (χ2v) is 5.28. The molecule has 0 radical (unpaired) electrons. The van der Waals surface area contributed by atoms with Gasteiger partial charge in [-0.2, -0.15) is 0 Å². The fourth-order valence-corrected chi connectivity index (χ4v) is 2.33. The van der Waals surface area contributed by atoms with Crippen molar-refractivity contribution in [2.45, 2.75) is 39.8 Å². The third-order valence-electron chi connectivity index (χ3n) is 3.39. The van der Waals surface area contributed by atoms with E-state index in [1.54, 1.807) is 12.1 Å². The van der Waals surface area contributed by atoms with Crippen molar-refractivity contribution in [1.29, 1.82) is 0 Å². The molecule has 1 aromatic carbocycles. The van der Waals surface area contributed by atoms with Gasteiger partial charge in [0, 0.05) is 12.1 Å². The first-order valence-corrected chi connectivity index (χ1v) is 6.32. The normalized spacial score (nSPS) is 14.6. The van der Waals surface area contributed by atoms with Crippen LogP contribution >= 0.6 is 0 Å². The predicted octanol–water partition coefficient (Wildman–Crippen LogP) is 2.79. The van der Waals surface area contributed by atoms with Gasteiger partial charge >= 0.3 is 5.97 Å². The molecule has 2 rings (SSSR count). The van der Waals surface area contributed by atoms with Gasteiger partial charge in [0.15, 0.2) is 0 Å². The molecule has 1 aliphatic heterocycles. The molecule has 0 bridgehead atoms. The molecule has 0 fully saturated rings. The topological polar surface area (TPSA) is 43.8 Å². The number of carbonyl (C=O) groups is 1.